The van der Waals surface area contributed by atoms with Crippen molar-refractivity contribution >= 4 is 25.2 Å². The summed E-state index contributed by atoms with van der Waals surface area (Å²) in [4.78, 5) is 45.3. The minimum absolute atomic E-state index is 0.0104. The molecule has 0 aliphatic rings. The molecule has 1 aromatic rings. The summed E-state index contributed by atoms with van der Waals surface area (Å²) in [5.41, 5.74) is 1.14. The highest BCUT2D eigenvalue weighted by Crippen LogP contribution is 2.41. The number of ether oxygens (including phenoxy) is 1. The molecule has 0 aliphatic carbocycles. The monoisotopic (exact) mass is 399 g/mol. The number of carboxylic acids is 1. The summed E-state index contributed by atoms with van der Waals surface area (Å²) in [6, 6.07) is 9.73. The zero-order valence-corrected chi connectivity index (χ0v) is 16.3. The van der Waals surface area contributed by atoms with Crippen LogP contribution in [0.5, 0.6) is 0 Å². The zero-order chi connectivity index (χ0) is 20.3. The van der Waals surface area contributed by atoms with Crippen LogP contribution in [0.25, 0.3) is 0 Å². The van der Waals surface area contributed by atoms with Crippen molar-refractivity contribution < 1.29 is 33.7 Å². The second-order valence-electron chi connectivity index (χ2n) is 6.21. The molecular weight excluding hydrogens is 373 g/mol. The van der Waals surface area contributed by atoms with Gasteiger partial charge in [0.15, 0.2) is 0 Å². The lowest BCUT2D eigenvalue weighted by Gasteiger charge is -2.21. The third-order valence-corrected chi connectivity index (χ3v) is 5.72. The van der Waals surface area contributed by atoms with E-state index < -0.39 is 37.9 Å². The summed E-state index contributed by atoms with van der Waals surface area (Å²) in [6.45, 7) is -0.810. The molecule has 150 valence electrons. The molecule has 8 nitrogen and oxygen atoms in total. The van der Waals surface area contributed by atoms with E-state index in [1.807, 2.05) is 30.3 Å². The van der Waals surface area contributed by atoms with Gasteiger partial charge in [-0.15, -0.1) is 0 Å². The van der Waals surface area contributed by atoms with Gasteiger partial charge in [0.05, 0.1) is 13.5 Å². The molecule has 0 saturated heterocycles. The summed E-state index contributed by atoms with van der Waals surface area (Å²) in [6.07, 6.45) is 1.15. The second-order valence-corrected chi connectivity index (χ2v) is 8.66. The lowest BCUT2D eigenvalue weighted by Crippen LogP contribution is -2.39. The van der Waals surface area contributed by atoms with E-state index in [1.165, 1.54) is 7.11 Å². The maximum Gasteiger partial charge on any atom is 0.323 e. The SMILES string of the molecule is COC(=O)CCN(CC(=O)O)C(=O)CP(=O)(O)CCCCc1ccccc1. The molecule has 0 bridgehead atoms. The summed E-state index contributed by atoms with van der Waals surface area (Å²) in [5, 5.41) is 8.89. The molecule has 0 heterocycles. The van der Waals surface area contributed by atoms with Gasteiger partial charge in [-0.2, -0.15) is 0 Å². The van der Waals surface area contributed by atoms with Gasteiger partial charge in [-0.25, -0.2) is 0 Å². The molecule has 9 heteroatoms. The van der Waals surface area contributed by atoms with Crippen LogP contribution in [0, 0.1) is 0 Å². The predicted octanol–water partition coefficient (Wildman–Crippen LogP) is 1.76. The Balaban J connectivity index is 2.49. The quantitative estimate of drug-likeness (QED) is 0.312. The molecule has 0 radical (unpaired) electrons. The standard InChI is InChI=1S/C18H26NO7P/c1-26-18(23)10-11-19(13-17(21)22)16(20)14-27(24,25)12-6-5-9-15-7-3-2-4-8-15/h2-4,7-8H,5-6,9-14H2,1H3,(H,21,22)(H,24,25). The summed E-state index contributed by atoms with van der Waals surface area (Å²) < 4.78 is 16.7. The molecule has 0 fully saturated rings. The summed E-state index contributed by atoms with van der Waals surface area (Å²) in [7, 11) is -2.54. The first kappa shape index (κ1) is 22.9. The van der Waals surface area contributed by atoms with Gasteiger partial charge in [-0.1, -0.05) is 30.3 Å². The van der Waals surface area contributed by atoms with E-state index in [-0.39, 0.29) is 19.1 Å². The van der Waals surface area contributed by atoms with Gasteiger partial charge in [0.25, 0.3) is 0 Å². The number of carbonyl (C=O) groups excluding carboxylic acids is 2. The number of nitrogens with zero attached hydrogens (tertiary/aromatic N) is 1. The van der Waals surface area contributed by atoms with Crippen molar-refractivity contribution in [3.8, 4) is 0 Å². The highest BCUT2D eigenvalue weighted by Gasteiger charge is 2.27. The molecule has 27 heavy (non-hydrogen) atoms. The molecule has 2 N–H and O–H groups in total. The fourth-order valence-electron chi connectivity index (χ4n) is 2.51. The molecule has 1 amide bonds. The van der Waals surface area contributed by atoms with Crippen molar-refractivity contribution in [3.63, 3.8) is 0 Å². The normalized spacial score (nSPS) is 12.8. The Morgan fingerprint density at radius 3 is 2.41 bits per heavy atom. The minimum atomic E-state index is -3.72. The van der Waals surface area contributed by atoms with Crippen LogP contribution in [0.4, 0.5) is 0 Å². The van der Waals surface area contributed by atoms with Crippen LogP contribution in [0.15, 0.2) is 30.3 Å². The number of carbonyl (C=O) groups is 3. The van der Waals surface area contributed by atoms with Crippen LogP contribution in [-0.2, 0) is 30.1 Å². The molecule has 1 atom stereocenters. The number of hydrogen-bond acceptors (Lipinski definition) is 5. The number of aryl methyl sites for hydroxylation is 1. The lowest BCUT2D eigenvalue weighted by atomic mass is 10.1. The number of amides is 1. The number of rotatable bonds is 12. The molecule has 0 saturated carbocycles. The van der Waals surface area contributed by atoms with Crippen molar-refractivity contribution in [2.75, 3.05) is 32.5 Å². The molecule has 0 spiro atoms. The fourth-order valence-corrected chi connectivity index (χ4v) is 4.01. The van der Waals surface area contributed by atoms with Crippen LogP contribution in [0.2, 0.25) is 0 Å². The van der Waals surface area contributed by atoms with Gasteiger partial charge in [0.1, 0.15) is 12.7 Å². The topological polar surface area (TPSA) is 121 Å². The summed E-state index contributed by atoms with van der Waals surface area (Å²) in [5.74, 6) is -2.61. The van der Waals surface area contributed by atoms with Gasteiger partial charge < -0.3 is 19.6 Å². The van der Waals surface area contributed by atoms with E-state index in [1.54, 1.807) is 0 Å². The first-order valence-corrected chi connectivity index (χ1v) is 10.7. The van der Waals surface area contributed by atoms with Crippen LogP contribution >= 0.6 is 7.37 Å². The average Bonchev–Trinajstić information content (AvgIpc) is 2.62. The van der Waals surface area contributed by atoms with Gasteiger partial charge in [-0.3, -0.25) is 18.9 Å². The number of esters is 1. The van der Waals surface area contributed by atoms with Gasteiger partial charge in [0, 0.05) is 12.7 Å². The Kier molecular flexibility index (Phi) is 9.75. The maximum atomic E-state index is 12.3. The third-order valence-electron chi connectivity index (χ3n) is 3.94. The molecular formula is C18H26NO7P. The highest BCUT2D eigenvalue weighted by atomic mass is 31.2. The Morgan fingerprint density at radius 1 is 1.15 bits per heavy atom. The third kappa shape index (κ3) is 9.92. The van der Waals surface area contributed by atoms with E-state index in [9.17, 15) is 23.8 Å². The van der Waals surface area contributed by atoms with E-state index in [4.69, 9.17) is 5.11 Å². The number of carboxylic acid groups (broad SMARTS) is 1. The molecule has 1 unspecified atom stereocenters. The Bertz CT molecular complexity index is 678. The first-order chi connectivity index (χ1) is 12.7. The predicted molar refractivity (Wildman–Crippen MR) is 99.8 cm³/mol. The van der Waals surface area contributed by atoms with E-state index in [0.717, 1.165) is 16.9 Å². The molecule has 1 aromatic carbocycles. The minimum Gasteiger partial charge on any atom is -0.480 e. The van der Waals surface area contributed by atoms with E-state index in [2.05, 4.69) is 4.74 Å². The average molecular weight is 399 g/mol. The number of unbranched alkanes of at least 4 members (excludes halogenated alkanes) is 1. The first-order valence-electron chi connectivity index (χ1n) is 8.64. The van der Waals surface area contributed by atoms with Crippen molar-refractivity contribution in [2.24, 2.45) is 0 Å². The van der Waals surface area contributed by atoms with Crippen molar-refractivity contribution in [3.05, 3.63) is 35.9 Å². The highest BCUT2D eigenvalue weighted by molar-refractivity contribution is 7.58. The van der Waals surface area contributed by atoms with Crippen LogP contribution in [-0.4, -0.2) is 65.3 Å². The van der Waals surface area contributed by atoms with Crippen LogP contribution in [0.3, 0.4) is 0 Å². The Hall–Kier alpha value is -2.18. The number of benzene rings is 1. The summed E-state index contributed by atoms with van der Waals surface area (Å²) >= 11 is 0. The van der Waals surface area contributed by atoms with Crippen LogP contribution < -0.4 is 0 Å². The number of methoxy groups -OCH3 is 1. The molecule has 0 aliphatic heterocycles. The van der Waals surface area contributed by atoms with E-state index in [0.29, 0.717) is 12.8 Å². The van der Waals surface area contributed by atoms with Crippen molar-refractivity contribution in [1.82, 2.24) is 4.90 Å². The van der Waals surface area contributed by atoms with Crippen molar-refractivity contribution in [2.45, 2.75) is 25.7 Å². The second kappa shape index (κ2) is 11.5. The number of aliphatic carboxylic acids is 1. The zero-order valence-electron chi connectivity index (χ0n) is 15.4. The Labute approximate surface area is 158 Å². The maximum absolute atomic E-state index is 12.3. The smallest absolute Gasteiger partial charge is 0.323 e. The molecule has 0 aromatic heterocycles. The fraction of sp³-hybridized carbons (Fsp3) is 0.500. The molecule has 1 rings (SSSR count). The number of hydrogen-bond donors (Lipinski definition) is 2. The lowest BCUT2D eigenvalue weighted by molar-refractivity contribution is -0.146. The van der Waals surface area contributed by atoms with Gasteiger partial charge >= 0.3 is 11.9 Å². The van der Waals surface area contributed by atoms with Gasteiger partial charge in [0.2, 0.25) is 13.3 Å². The van der Waals surface area contributed by atoms with Crippen LogP contribution in [0.1, 0.15) is 24.8 Å². The van der Waals surface area contributed by atoms with Crippen molar-refractivity contribution in [1.29, 1.82) is 0 Å². The van der Waals surface area contributed by atoms with E-state index >= 15 is 0 Å². The van der Waals surface area contributed by atoms with Gasteiger partial charge in [-0.05, 0) is 24.8 Å². The largest absolute Gasteiger partial charge is 0.480 e. The Morgan fingerprint density at radius 2 is 1.81 bits per heavy atom.